The largest absolute Gasteiger partial charge is 0.338 e. The Hall–Kier alpha value is -2.67. The summed E-state index contributed by atoms with van der Waals surface area (Å²) in [5, 5.41) is 5.04. The standard InChI is InChI=1S/C20H19N3O3S/c24-17(23-9-7-20(8-10-23)18(25)21-19(26)22-20)15-11-13-6-5-12-3-1-2-4-14(12)16(13)27-15/h1-4,11H,5-10H2,(H2,21,22,25,26). The second-order valence-electron chi connectivity index (χ2n) is 7.40. The van der Waals surface area contributed by atoms with Gasteiger partial charge in [0.1, 0.15) is 5.54 Å². The van der Waals surface area contributed by atoms with E-state index in [4.69, 9.17) is 0 Å². The number of carbonyl (C=O) groups is 3. The molecule has 0 saturated carbocycles. The van der Waals surface area contributed by atoms with Crippen molar-refractivity contribution in [2.45, 2.75) is 31.2 Å². The maximum atomic E-state index is 13.0. The lowest BCUT2D eigenvalue weighted by molar-refractivity contribution is -0.125. The number of amides is 4. The van der Waals surface area contributed by atoms with Crippen LogP contribution in [0.3, 0.4) is 0 Å². The highest BCUT2D eigenvalue weighted by Crippen LogP contribution is 2.40. The van der Waals surface area contributed by atoms with E-state index >= 15 is 0 Å². The summed E-state index contributed by atoms with van der Waals surface area (Å²) in [6, 6.07) is 9.98. The van der Waals surface area contributed by atoms with E-state index in [0.29, 0.717) is 25.9 Å². The van der Waals surface area contributed by atoms with Crippen molar-refractivity contribution in [3.8, 4) is 10.4 Å². The van der Waals surface area contributed by atoms with Crippen LogP contribution in [0.1, 0.15) is 33.6 Å². The first kappa shape index (κ1) is 16.5. The summed E-state index contributed by atoms with van der Waals surface area (Å²) >= 11 is 1.56. The number of likely N-dealkylation sites (tertiary alicyclic amines) is 1. The molecule has 2 saturated heterocycles. The summed E-state index contributed by atoms with van der Waals surface area (Å²) in [6.07, 6.45) is 2.87. The molecule has 0 bridgehead atoms. The molecule has 6 nitrogen and oxygen atoms in total. The van der Waals surface area contributed by atoms with Gasteiger partial charge in [0.15, 0.2) is 0 Å². The fourth-order valence-corrected chi connectivity index (χ4v) is 5.54. The van der Waals surface area contributed by atoms with E-state index in [1.165, 1.54) is 21.6 Å². The van der Waals surface area contributed by atoms with Crippen LogP contribution < -0.4 is 10.6 Å². The first-order chi connectivity index (χ1) is 13.1. The summed E-state index contributed by atoms with van der Waals surface area (Å²) in [4.78, 5) is 40.3. The number of urea groups is 1. The van der Waals surface area contributed by atoms with Gasteiger partial charge in [0.05, 0.1) is 4.88 Å². The molecule has 2 N–H and O–H groups in total. The second-order valence-corrected chi connectivity index (χ2v) is 8.46. The van der Waals surface area contributed by atoms with Crippen molar-refractivity contribution in [1.82, 2.24) is 15.5 Å². The Morgan fingerprint density at radius 2 is 1.81 bits per heavy atom. The maximum Gasteiger partial charge on any atom is 0.322 e. The SMILES string of the molecule is O=C1NC(=O)C2(CCN(C(=O)c3cc4c(s3)-c3ccccc3CC4)CC2)N1. The molecule has 2 aliphatic heterocycles. The van der Waals surface area contributed by atoms with Crippen LogP contribution in [0.4, 0.5) is 4.79 Å². The molecule has 0 atom stereocenters. The Morgan fingerprint density at radius 3 is 2.56 bits per heavy atom. The van der Waals surface area contributed by atoms with E-state index in [-0.39, 0.29) is 11.8 Å². The lowest BCUT2D eigenvalue weighted by atomic mass is 9.87. The third kappa shape index (κ3) is 2.56. The van der Waals surface area contributed by atoms with Gasteiger partial charge in [-0.3, -0.25) is 14.9 Å². The van der Waals surface area contributed by atoms with Crippen molar-refractivity contribution in [2.75, 3.05) is 13.1 Å². The number of hydrogen-bond acceptors (Lipinski definition) is 4. The Bertz CT molecular complexity index is 973. The highest BCUT2D eigenvalue weighted by atomic mass is 32.1. The van der Waals surface area contributed by atoms with Crippen molar-refractivity contribution in [3.63, 3.8) is 0 Å². The molecule has 0 unspecified atom stereocenters. The number of aryl methyl sites for hydroxylation is 2. The summed E-state index contributed by atoms with van der Waals surface area (Å²) in [5.74, 6) is -0.255. The molecule has 1 aromatic carbocycles. The first-order valence-corrected chi connectivity index (χ1v) is 10.0. The Labute approximate surface area is 160 Å². The number of nitrogens with one attached hydrogen (secondary N) is 2. The van der Waals surface area contributed by atoms with Crippen LogP contribution in [-0.2, 0) is 17.6 Å². The molecule has 2 fully saturated rings. The number of piperidine rings is 1. The number of imide groups is 1. The van der Waals surface area contributed by atoms with E-state index in [2.05, 4.69) is 28.8 Å². The summed E-state index contributed by atoms with van der Waals surface area (Å²) in [6.45, 7) is 0.928. The van der Waals surface area contributed by atoms with Crippen LogP contribution in [0.5, 0.6) is 0 Å². The van der Waals surface area contributed by atoms with Gasteiger partial charge in [-0.2, -0.15) is 0 Å². The number of rotatable bonds is 1. The zero-order chi connectivity index (χ0) is 18.6. The van der Waals surface area contributed by atoms with Crippen molar-refractivity contribution in [2.24, 2.45) is 0 Å². The van der Waals surface area contributed by atoms with Gasteiger partial charge in [-0.25, -0.2) is 4.79 Å². The zero-order valence-electron chi connectivity index (χ0n) is 14.7. The van der Waals surface area contributed by atoms with E-state index < -0.39 is 11.6 Å². The number of fused-ring (bicyclic) bond motifs is 3. The number of carbonyl (C=O) groups excluding carboxylic acids is 3. The van der Waals surface area contributed by atoms with Crippen molar-refractivity contribution in [1.29, 1.82) is 0 Å². The van der Waals surface area contributed by atoms with Crippen LogP contribution in [0.25, 0.3) is 10.4 Å². The van der Waals surface area contributed by atoms with Crippen LogP contribution in [0, 0.1) is 0 Å². The molecule has 2 aromatic rings. The highest BCUT2D eigenvalue weighted by Gasteiger charge is 2.48. The van der Waals surface area contributed by atoms with Gasteiger partial charge in [0.25, 0.3) is 11.8 Å². The highest BCUT2D eigenvalue weighted by molar-refractivity contribution is 7.17. The van der Waals surface area contributed by atoms with Crippen LogP contribution >= 0.6 is 11.3 Å². The van der Waals surface area contributed by atoms with Gasteiger partial charge >= 0.3 is 6.03 Å². The minimum atomic E-state index is -0.846. The van der Waals surface area contributed by atoms with Gasteiger partial charge in [0.2, 0.25) is 0 Å². The first-order valence-electron chi connectivity index (χ1n) is 9.20. The number of hydrogen-bond donors (Lipinski definition) is 2. The molecule has 27 heavy (non-hydrogen) atoms. The van der Waals surface area contributed by atoms with Crippen LogP contribution in [0.2, 0.25) is 0 Å². The summed E-state index contributed by atoms with van der Waals surface area (Å²) < 4.78 is 0. The fourth-order valence-electron chi connectivity index (χ4n) is 4.30. The normalized spacial score (nSPS) is 20.1. The molecule has 1 aliphatic carbocycles. The number of thiophene rings is 1. The quantitative estimate of drug-likeness (QED) is 0.744. The van der Waals surface area contributed by atoms with Crippen LogP contribution in [-0.4, -0.2) is 41.4 Å². The van der Waals surface area contributed by atoms with Crippen molar-refractivity contribution >= 4 is 29.2 Å². The van der Waals surface area contributed by atoms with Gasteiger partial charge in [-0.05, 0) is 48.4 Å². The maximum absolute atomic E-state index is 13.0. The third-order valence-corrected chi connectivity index (χ3v) is 7.06. The van der Waals surface area contributed by atoms with E-state index in [1.54, 1.807) is 16.2 Å². The average Bonchev–Trinajstić information content (AvgIpc) is 3.23. The second kappa shape index (κ2) is 5.92. The molecule has 0 radical (unpaired) electrons. The van der Waals surface area contributed by atoms with Crippen molar-refractivity contribution in [3.05, 3.63) is 46.3 Å². The van der Waals surface area contributed by atoms with E-state index in [9.17, 15) is 14.4 Å². The van der Waals surface area contributed by atoms with Crippen molar-refractivity contribution < 1.29 is 14.4 Å². The minimum Gasteiger partial charge on any atom is -0.338 e. The molecule has 4 amide bonds. The van der Waals surface area contributed by atoms with E-state index in [0.717, 1.165) is 17.7 Å². The number of benzene rings is 1. The molecular weight excluding hydrogens is 362 g/mol. The number of nitrogens with zero attached hydrogens (tertiary/aromatic N) is 1. The monoisotopic (exact) mass is 381 g/mol. The van der Waals surface area contributed by atoms with Crippen LogP contribution in [0.15, 0.2) is 30.3 Å². The molecule has 3 heterocycles. The molecule has 3 aliphatic rings. The molecule has 5 rings (SSSR count). The lowest BCUT2D eigenvalue weighted by Crippen LogP contribution is -2.55. The third-order valence-electron chi connectivity index (χ3n) is 5.86. The predicted octanol–water partition coefficient (Wildman–Crippen LogP) is 2.33. The molecule has 1 spiro atoms. The fraction of sp³-hybridized carbons (Fsp3) is 0.350. The molecule has 7 heteroatoms. The average molecular weight is 381 g/mol. The minimum absolute atomic E-state index is 0.0199. The smallest absolute Gasteiger partial charge is 0.322 e. The van der Waals surface area contributed by atoms with Gasteiger partial charge in [-0.15, -0.1) is 11.3 Å². The van der Waals surface area contributed by atoms with E-state index in [1.807, 2.05) is 12.1 Å². The lowest BCUT2D eigenvalue weighted by Gasteiger charge is -2.36. The molecule has 1 aromatic heterocycles. The summed E-state index contributed by atoms with van der Waals surface area (Å²) in [5.41, 5.74) is 2.99. The van der Waals surface area contributed by atoms with Gasteiger partial charge in [-0.1, -0.05) is 24.3 Å². The zero-order valence-corrected chi connectivity index (χ0v) is 15.5. The Kier molecular flexibility index (Phi) is 3.62. The Balaban J connectivity index is 1.36. The van der Waals surface area contributed by atoms with Gasteiger partial charge < -0.3 is 10.2 Å². The van der Waals surface area contributed by atoms with Gasteiger partial charge in [0, 0.05) is 18.0 Å². The molecule has 138 valence electrons. The predicted molar refractivity (Wildman–Crippen MR) is 102 cm³/mol. The topological polar surface area (TPSA) is 78.5 Å². The molecular formula is C20H19N3O3S. The Morgan fingerprint density at radius 1 is 1.07 bits per heavy atom. The summed E-state index contributed by atoms with van der Waals surface area (Å²) in [7, 11) is 0.